The molecule has 0 atom stereocenters. The van der Waals surface area contributed by atoms with Crippen molar-refractivity contribution in [2.24, 2.45) is 7.05 Å². The largest absolute Gasteiger partial charge is 0.494 e. The van der Waals surface area contributed by atoms with Gasteiger partial charge in [0.05, 0.1) is 7.11 Å². The van der Waals surface area contributed by atoms with Gasteiger partial charge in [-0.3, -0.25) is 0 Å². The molecule has 2 aromatic carbocycles. The van der Waals surface area contributed by atoms with E-state index in [1.165, 1.54) is 7.11 Å². The Morgan fingerprint density at radius 2 is 1.76 bits per heavy atom. The van der Waals surface area contributed by atoms with Crippen molar-refractivity contribution >= 4 is 17.1 Å². The van der Waals surface area contributed by atoms with Gasteiger partial charge in [0.25, 0.3) is 0 Å². The van der Waals surface area contributed by atoms with Crippen LogP contribution in [0.25, 0.3) is 39.4 Å². The Morgan fingerprint density at radius 1 is 1.00 bits per heavy atom. The Hall–Kier alpha value is -3.71. The van der Waals surface area contributed by atoms with Gasteiger partial charge in [-0.25, -0.2) is 18.9 Å². The lowest BCUT2D eigenvalue weighted by Gasteiger charge is -2.09. The summed E-state index contributed by atoms with van der Waals surface area (Å²) in [7, 11) is 3.30. The van der Waals surface area contributed by atoms with Crippen LogP contribution in [0.2, 0.25) is 5.15 Å². The summed E-state index contributed by atoms with van der Waals surface area (Å²) < 4.78 is 23.8. The predicted octanol–water partition coefficient (Wildman–Crippen LogP) is 6.29. The normalized spacial score (nSPS) is 10.7. The molecule has 0 aliphatic rings. The van der Waals surface area contributed by atoms with Gasteiger partial charge >= 0.3 is 0 Å². The van der Waals surface area contributed by atoms with E-state index in [1.807, 2.05) is 55.8 Å². The molecular formula is C25H23ClFN5O. The molecule has 168 valence electrons. The number of halogens is 2. The number of hydrogen-bond donors (Lipinski definition) is 0. The highest BCUT2D eigenvalue weighted by Crippen LogP contribution is 2.41. The van der Waals surface area contributed by atoms with Crippen LogP contribution in [-0.4, -0.2) is 31.3 Å². The molecule has 0 saturated carbocycles. The number of hydrogen-bond acceptors (Lipinski definition) is 4. The molecule has 5 aromatic rings. The van der Waals surface area contributed by atoms with Gasteiger partial charge in [-0.05, 0) is 11.6 Å². The lowest BCUT2D eigenvalue weighted by atomic mass is 9.97. The Labute approximate surface area is 196 Å². The summed E-state index contributed by atoms with van der Waals surface area (Å²) in [6.45, 7) is 4.00. The van der Waals surface area contributed by atoms with Crippen LogP contribution in [0.15, 0.2) is 67.1 Å². The van der Waals surface area contributed by atoms with Crippen LogP contribution in [-0.2, 0) is 7.05 Å². The Kier molecular flexibility index (Phi) is 6.42. The summed E-state index contributed by atoms with van der Waals surface area (Å²) in [5, 5.41) is 4.88. The van der Waals surface area contributed by atoms with Crippen molar-refractivity contribution in [1.29, 1.82) is 0 Å². The van der Waals surface area contributed by atoms with Crippen molar-refractivity contribution < 1.29 is 9.13 Å². The number of benzene rings is 2. The molecule has 0 radical (unpaired) electrons. The van der Waals surface area contributed by atoms with Crippen LogP contribution in [0.5, 0.6) is 5.75 Å². The zero-order chi connectivity index (χ0) is 23.5. The Morgan fingerprint density at radius 3 is 2.42 bits per heavy atom. The topological polar surface area (TPSA) is 57.2 Å². The van der Waals surface area contributed by atoms with E-state index in [4.69, 9.17) is 16.3 Å². The summed E-state index contributed by atoms with van der Waals surface area (Å²) in [5.41, 5.74) is 3.22. The maximum atomic E-state index is 15.2. The standard InChI is InChI=1S/C23H17ClFN5O.C2H6/c1-29-12-11-26-23(29)22-27-21(24)20-18(14-7-4-3-5-8-14)16(13-30(20)28-22)15-9-6-10-17(31-2)19(15)25;1-2/h3-13H,1-2H3;1-2H3. The molecule has 0 aliphatic heterocycles. The molecule has 3 heterocycles. The fraction of sp³-hybridized carbons (Fsp3) is 0.160. The highest BCUT2D eigenvalue weighted by Gasteiger charge is 2.23. The number of fused-ring (bicyclic) bond motifs is 1. The number of methoxy groups -OCH3 is 1. The molecule has 6 nitrogen and oxygen atoms in total. The monoisotopic (exact) mass is 463 g/mol. The second-order valence-electron chi connectivity index (χ2n) is 6.99. The molecule has 3 aromatic heterocycles. The van der Waals surface area contributed by atoms with Crippen LogP contribution < -0.4 is 4.74 Å². The third-order valence-corrected chi connectivity index (χ3v) is 5.41. The number of rotatable bonds is 4. The number of aryl methyl sites for hydroxylation is 1. The molecule has 8 heteroatoms. The quantitative estimate of drug-likeness (QED) is 0.314. The first-order valence-electron chi connectivity index (χ1n) is 10.5. The minimum absolute atomic E-state index is 0.164. The zero-order valence-electron chi connectivity index (χ0n) is 18.8. The first-order chi connectivity index (χ1) is 16.1. The third kappa shape index (κ3) is 3.96. The van der Waals surface area contributed by atoms with Crippen LogP contribution in [0.4, 0.5) is 4.39 Å². The van der Waals surface area contributed by atoms with Gasteiger partial charge in [0.1, 0.15) is 5.52 Å². The number of aromatic nitrogens is 5. The van der Waals surface area contributed by atoms with E-state index in [0.717, 1.165) is 11.1 Å². The number of ether oxygens (including phenoxy) is 1. The van der Waals surface area contributed by atoms with E-state index < -0.39 is 5.82 Å². The Bertz CT molecular complexity index is 1410. The average molecular weight is 464 g/mol. The minimum Gasteiger partial charge on any atom is -0.494 e. The molecular weight excluding hydrogens is 441 g/mol. The smallest absolute Gasteiger partial charge is 0.217 e. The highest BCUT2D eigenvalue weighted by molar-refractivity contribution is 6.33. The van der Waals surface area contributed by atoms with E-state index >= 15 is 4.39 Å². The van der Waals surface area contributed by atoms with Gasteiger partial charge in [0, 0.05) is 42.3 Å². The first kappa shape index (κ1) is 22.5. The summed E-state index contributed by atoms with van der Waals surface area (Å²) in [6, 6.07) is 14.7. The summed E-state index contributed by atoms with van der Waals surface area (Å²) in [5.74, 6) is 0.661. The van der Waals surface area contributed by atoms with Crippen molar-refractivity contribution in [3.63, 3.8) is 0 Å². The molecule has 5 rings (SSSR count). The molecule has 0 saturated heterocycles. The number of nitrogens with zero attached hydrogens (tertiary/aromatic N) is 5. The third-order valence-electron chi connectivity index (χ3n) is 5.15. The van der Waals surface area contributed by atoms with Gasteiger partial charge in [0.15, 0.2) is 22.5 Å². The van der Waals surface area contributed by atoms with Gasteiger partial charge in [-0.1, -0.05) is 67.9 Å². The second kappa shape index (κ2) is 9.42. The summed E-state index contributed by atoms with van der Waals surface area (Å²) in [4.78, 5) is 8.79. The van der Waals surface area contributed by atoms with E-state index in [2.05, 4.69) is 15.1 Å². The summed E-state index contributed by atoms with van der Waals surface area (Å²) >= 11 is 6.66. The maximum absolute atomic E-state index is 15.2. The van der Waals surface area contributed by atoms with E-state index in [-0.39, 0.29) is 10.9 Å². The van der Waals surface area contributed by atoms with Gasteiger partial charge in [-0.2, -0.15) is 0 Å². The van der Waals surface area contributed by atoms with E-state index in [1.54, 1.807) is 41.3 Å². The predicted molar refractivity (Wildman–Crippen MR) is 129 cm³/mol. The molecule has 33 heavy (non-hydrogen) atoms. The van der Waals surface area contributed by atoms with Gasteiger partial charge in [0.2, 0.25) is 5.82 Å². The summed E-state index contributed by atoms with van der Waals surface area (Å²) in [6.07, 6.45) is 5.23. The minimum atomic E-state index is -0.452. The van der Waals surface area contributed by atoms with Crippen LogP contribution in [0.1, 0.15) is 13.8 Å². The van der Waals surface area contributed by atoms with Crippen LogP contribution >= 0.6 is 11.6 Å². The van der Waals surface area contributed by atoms with E-state index in [9.17, 15) is 0 Å². The molecule has 0 fully saturated rings. The van der Waals surface area contributed by atoms with Gasteiger partial charge in [-0.15, -0.1) is 5.10 Å². The molecule has 0 spiro atoms. The molecule has 0 amide bonds. The molecule has 0 aliphatic carbocycles. The van der Waals surface area contributed by atoms with Gasteiger partial charge < -0.3 is 9.30 Å². The lowest BCUT2D eigenvalue weighted by molar-refractivity contribution is 0.387. The van der Waals surface area contributed by atoms with Crippen molar-refractivity contribution in [2.45, 2.75) is 13.8 Å². The van der Waals surface area contributed by atoms with Crippen molar-refractivity contribution in [1.82, 2.24) is 24.1 Å². The average Bonchev–Trinajstić information content (AvgIpc) is 3.45. The fourth-order valence-corrected chi connectivity index (χ4v) is 3.96. The fourth-order valence-electron chi connectivity index (χ4n) is 3.69. The van der Waals surface area contributed by atoms with Crippen molar-refractivity contribution in [3.05, 3.63) is 78.1 Å². The first-order valence-corrected chi connectivity index (χ1v) is 10.9. The number of imidazole rings is 1. The zero-order valence-corrected chi connectivity index (χ0v) is 19.5. The molecule has 0 bridgehead atoms. The molecule has 0 unspecified atom stereocenters. The lowest BCUT2D eigenvalue weighted by Crippen LogP contribution is -2.02. The second-order valence-corrected chi connectivity index (χ2v) is 7.34. The Balaban J connectivity index is 0.00000126. The van der Waals surface area contributed by atoms with Crippen molar-refractivity contribution in [3.8, 4) is 39.7 Å². The van der Waals surface area contributed by atoms with Crippen molar-refractivity contribution in [2.75, 3.05) is 7.11 Å². The van der Waals surface area contributed by atoms with Crippen LogP contribution in [0.3, 0.4) is 0 Å². The van der Waals surface area contributed by atoms with E-state index in [0.29, 0.717) is 28.3 Å². The SMILES string of the molecule is CC.COc1cccc(-c2cn3nc(-c4nccn4C)nc(Cl)c3c2-c2ccccc2)c1F. The maximum Gasteiger partial charge on any atom is 0.217 e. The highest BCUT2D eigenvalue weighted by atomic mass is 35.5. The van der Waals surface area contributed by atoms with Crippen LogP contribution in [0, 0.1) is 5.82 Å². The molecule has 0 N–H and O–H groups in total.